The van der Waals surface area contributed by atoms with Gasteiger partial charge in [0, 0.05) is 29.9 Å². The van der Waals surface area contributed by atoms with Gasteiger partial charge >= 0.3 is 0 Å². The monoisotopic (exact) mass is 361 g/mol. The van der Waals surface area contributed by atoms with E-state index in [9.17, 15) is 0 Å². The van der Waals surface area contributed by atoms with Gasteiger partial charge in [0.25, 0.3) is 0 Å². The van der Waals surface area contributed by atoms with Gasteiger partial charge in [0.2, 0.25) is 0 Å². The largest absolute Gasteiger partial charge is 0.497 e. The molecule has 0 N–H and O–H groups in total. The minimum absolute atomic E-state index is 0.689. The number of para-hydroxylation sites is 1. The Bertz CT molecular complexity index is 864. The van der Waals surface area contributed by atoms with E-state index in [2.05, 4.69) is 42.4 Å². The molecule has 0 amide bonds. The van der Waals surface area contributed by atoms with Crippen LogP contribution in [0, 0.1) is 0 Å². The molecule has 1 aliphatic carbocycles. The summed E-state index contributed by atoms with van der Waals surface area (Å²) in [6.45, 7) is 0.916. The molecular weight excluding hydrogens is 334 g/mol. The second-order valence-electron chi connectivity index (χ2n) is 7.36. The van der Waals surface area contributed by atoms with E-state index < -0.39 is 0 Å². The third-order valence-electron chi connectivity index (χ3n) is 5.54. The summed E-state index contributed by atoms with van der Waals surface area (Å²) >= 11 is 0. The molecule has 0 saturated heterocycles. The zero-order valence-corrected chi connectivity index (χ0v) is 16.1. The Hall–Kier alpha value is -2.59. The van der Waals surface area contributed by atoms with E-state index in [0.29, 0.717) is 6.04 Å². The van der Waals surface area contributed by atoms with Crippen molar-refractivity contribution in [2.75, 3.05) is 14.2 Å². The molecule has 0 unspecified atom stereocenters. The second-order valence-corrected chi connectivity index (χ2v) is 7.36. The fourth-order valence-corrected chi connectivity index (χ4v) is 3.97. The molecule has 1 aromatic heterocycles. The average Bonchev–Trinajstić information content (AvgIpc) is 3.39. The van der Waals surface area contributed by atoms with E-state index in [1.165, 1.54) is 31.2 Å². The number of methoxy groups -OCH3 is 1. The molecule has 27 heavy (non-hydrogen) atoms. The lowest BCUT2D eigenvalue weighted by Crippen LogP contribution is -2.28. The Labute approximate surface area is 161 Å². The number of hydrogen-bond donors (Lipinski definition) is 0. The Balaban J connectivity index is 1.69. The first-order valence-corrected chi connectivity index (χ1v) is 9.73. The maximum Gasteiger partial charge on any atom is 0.118 e. The Kier molecular flexibility index (Phi) is 5.26. The Morgan fingerprint density at radius 2 is 1.74 bits per heavy atom. The first-order valence-electron chi connectivity index (χ1n) is 9.73. The first-order chi connectivity index (χ1) is 13.2. The lowest BCUT2D eigenvalue weighted by Gasteiger charge is -2.23. The highest BCUT2D eigenvalue weighted by molar-refractivity contribution is 5.64. The van der Waals surface area contributed by atoms with Gasteiger partial charge in [0.15, 0.2) is 0 Å². The summed E-state index contributed by atoms with van der Waals surface area (Å²) in [7, 11) is 3.94. The molecule has 1 heterocycles. The van der Waals surface area contributed by atoms with Gasteiger partial charge in [0.05, 0.1) is 18.5 Å². The van der Waals surface area contributed by atoms with Crippen molar-refractivity contribution in [2.45, 2.75) is 38.3 Å². The van der Waals surface area contributed by atoms with E-state index in [-0.39, 0.29) is 0 Å². The van der Waals surface area contributed by atoms with E-state index in [1.807, 2.05) is 35.0 Å². The van der Waals surface area contributed by atoms with Crippen molar-refractivity contribution in [1.82, 2.24) is 14.7 Å². The van der Waals surface area contributed by atoms with E-state index >= 15 is 0 Å². The second kappa shape index (κ2) is 7.97. The third-order valence-corrected chi connectivity index (χ3v) is 5.54. The topological polar surface area (TPSA) is 30.3 Å². The molecule has 4 nitrogen and oxygen atoms in total. The van der Waals surface area contributed by atoms with Gasteiger partial charge in [-0.05, 0) is 56.3 Å². The lowest BCUT2D eigenvalue weighted by molar-refractivity contribution is 0.237. The maximum absolute atomic E-state index is 5.31. The minimum atomic E-state index is 0.689. The number of aromatic nitrogens is 2. The fraction of sp³-hybridized carbons (Fsp3) is 0.348. The molecule has 0 bridgehead atoms. The third kappa shape index (κ3) is 3.91. The number of rotatable bonds is 6. The molecule has 1 fully saturated rings. The van der Waals surface area contributed by atoms with Gasteiger partial charge in [0.1, 0.15) is 5.75 Å². The number of ether oxygens (including phenoxy) is 1. The van der Waals surface area contributed by atoms with E-state index in [0.717, 1.165) is 29.2 Å². The minimum Gasteiger partial charge on any atom is -0.497 e. The summed E-state index contributed by atoms with van der Waals surface area (Å²) < 4.78 is 7.31. The van der Waals surface area contributed by atoms with Crippen molar-refractivity contribution < 1.29 is 4.74 Å². The van der Waals surface area contributed by atoms with Gasteiger partial charge in [-0.25, -0.2) is 4.68 Å². The van der Waals surface area contributed by atoms with Crippen molar-refractivity contribution in [3.8, 4) is 22.7 Å². The molecule has 0 radical (unpaired) electrons. The van der Waals surface area contributed by atoms with Crippen molar-refractivity contribution in [3.63, 3.8) is 0 Å². The zero-order chi connectivity index (χ0) is 18.6. The van der Waals surface area contributed by atoms with Gasteiger partial charge in [-0.1, -0.05) is 31.0 Å². The van der Waals surface area contributed by atoms with Gasteiger partial charge < -0.3 is 4.74 Å². The normalized spacial score (nSPS) is 14.8. The van der Waals surface area contributed by atoms with E-state index in [1.54, 1.807) is 7.11 Å². The van der Waals surface area contributed by atoms with Crippen LogP contribution in [-0.4, -0.2) is 34.9 Å². The van der Waals surface area contributed by atoms with Crippen LogP contribution in [-0.2, 0) is 6.54 Å². The number of benzene rings is 2. The smallest absolute Gasteiger partial charge is 0.118 e. The average molecular weight is 361 g/mol. The van der Waals surface area contributed by atoms with Crippen LogP contribution in [0.25, 0.3) is 16.9 Å². The molecule has 140 valence electrons. The Morgan fingerprint density at radius 3 is 2.41 bits per heavy atom. The SMILES string of the molecule is COc1ccc(-c2nn(-c3ccccc3)cc2CN(C)C2CCCC2)cc1. The van der Waals surface area contributed by atoms with Crippen LogP contribution in [0.5, 0.6) is 5.75 Å². The molecule has 0 aliphatic heterocycles. The summed E-state index contributed by atoms with van der Waals surface area (Å²) in [6, 6.07) is 19.2. The summed E-state index contributed by atoms with van der Waals surface area (Å²) in [5, 5.41) is 4.94. The predicted octanol–water partition coefficient (Wildman–Crippen LogP) is 4.92. The molecule has 4 heteroatoms. The molecule has 1 saturated carbocycles. The summed E-state index contributed by atoms with van der Waals surface area (Å²) in [5.41, 5.74) is 4.52. The predicted molar refractivity (Wildman–Crippen MR) is 109 cm³/mol. The first kappa shape index (κ1) is 17.8. The molecule has 0 spiro atoms. The van der Waals surface area contributed by atoms with Crippen molar-refractivity contribution in [2.24, 2.45) is 0 Å². The maximum atomic E-state index is 5.31. The zero-order valence-electron chi connectivity index (χ0n) is 16.1. The van der Waals surface area contributed by atoms with Crippen molar-refractivity contribution in [1.29, 1.82) is 0 Å². The van der Waals surface area contributed by atoms with Crippen LogP contribution in [0.2, 0.25) is 0 Å². The summed E-state index contributed by atoms with van der Waals surface area (Å²) in [4.78, 5) is 2.49. The summed E-state index contributed by atoms with van der Waals surface area (Å²) in [5.74, 6) is 0.867. The molecule has 3 aromatic rings. The summed E-state index contributed by atoms with van der Waals surface area (Å²) in [6.07, 6.45) is 7.50. The Morgan fingerprint density at radius 1 is 1.04 bits per heavy atom. The number of hydrogen-bond acceptors (Lipinski definition) is 3. The van der Waals surface area contributed by atoms with Crippen LogP contribution in [0.3, 0.4) is 0 Å². The molecule has 4 rings (SSSR count). The quantitative estimate of drug-likeness (QED) is 0.624. The number of nitrogens with zero attached hydrogens (tertiary/aromatic N) is 3. The van der Waals surface area contributed by atoms with E-state index in [4.69, 9.17) is 9.84 Å². The highest BCUT2D eigenvalue weighted by atomic mass is 16.5. The van der Waals surface area contributed by atoms with Gasteiger partial charge in [-0.2, -0.15) is 5.10 Å². The molecule has 1 aliphatic rings. The standard InChI is InChI=1S/C23H27N3O/c1-25(20-8-6-7-9-20)16-19-17-26(21-10-4-3-5-11-21)24-23(19)18-12-14-22(27-2)15-13-18/h3-5,10-15,17,20H,6-9,16H2,1-2H3. The van der Waals surface area contributed by atoms with Crippen molar-refractivity contribution in [3.05, 3.63) is 66.4 Å². The van der Waals surface area contributed by atoms with Crippen LogP contribution in [0.15, 0.2) is 60.8 Å². The van der Waals surface area contributed by atoms with Crippen LogP contribution < -0.4 is 4.74 Å². The van der Waals surface area contributed by atoms with Gasteiger partial charge in [-0.15, -0.1) is 0 Å². The highest BCUT2D eigenvalue weighted by Gasteiger charge is 2.22. The fourth-order valence-electron chi connectivity index (χ4n) is 3.97. The highest BCUT2D eigenvalue weighted by Crippen LogP contribution is 2.29. The molecular formula is C23H27N3O. The molecule has 2 aromatic carbocycles. The van der Waals surface area contributed by atoms with Crippen LogP contribution >= 0.6 is 0 Å². The van der Waals surface area contributed by atoms with Crippen molar-refractivity contribution >= 4 is 0 Å². The lowest BCUT2D eigenvalue weighted by atomic mass is 10.1. The van der Waals surface area contributed by atoms with Gasteiger partial charge in [-0.3, -0.25) is 4.90 Å². The van der Waals surface area contributed by atoms with Crippen LogP contribution in [0.1, 0.15) is 31.2 Å². The van der Waals surface area contributed by atoms with Crippen LogP contribution in [0.4, 0.5) is 0 Å². The molecule has 0 atom stereocenters.